The fraction of sp³-hybridized carbons (Fsp3) is 0.400. The number of aromatic nitrogens is 1. The van der Waals surface area contributed by atoms with Gasteiger partial charge in [-0.3, -0.25) is 10.1 Å². The van der Waals surface area contributed by atoms with Crippen molar-refractivity contribution in [2.75, 3.05) is 11.9 Å². The van der Waals surface area contributed by atoms with Gasteiger partial charge in [0.2, 0.25) is 0 Å². The second-order valence-electron chi connectivity index (χ2n) is 5.60. The number of anilines is 1. The molecule has 0 bridgehead atoms. The van der Waals surface area contributed by atoms with Crippen LogP contribution in [-0.2, 0) is 13.0 Å². The van der Waals surface area contributed by atoms with Crippen LogP contribution >= 0.6 is 22.7 Å². The summed E-state index contributed by atoms with van der Waals surface area (Å²) in [5.41, 5.74) is 0.977. The molecule has 1 aliphatic heterocycles. The summed E-state index contributed by atoms with van der Waals surface area (Å²) < 4.78 is 0. The lowest BCUT2D eigenvalue weighted by Gasteiger charge is -2.27. The number of hydrogen-bond donors (Lipinski definition) is 2. The maximum absolute atomic E-state index is 12.1. The molecule has 0 radical (unpaired) electrons. The average molecular weight is 350 g/mol. The van der Waals surface area contributed by atoms with Crippen LogP contribution < -0.4 is 10.6 Å². The third kappa shape index (κ3) is 3.70. The largest absolute Gasteiger partial charge is 0.336 e. The minimum absolute atomic E-state index is 0.0526. The quantitative estimate of drug-likeness (QED) is 0.894. The molecule has 23 heavy (non-hydrogen) atoms. The minimum Gasteiger partial charge on any atom is -0.336 e. The lowest BCUT2D eigenvalue weighted by atomic mass is 10.2. The van der Waals surface area contributed by atoms with Crippen molar-refractivity contribution in [2.24, 2.45) is 0 Å². The van der Waals surface area contributed by atoms with E-state index in [1.54, 1.807) is 11.0 Å². The summed E-state index contributed by atoms with van der Waals surface area (Å²) in [4.78, 5) is 32.1. The highest BCUT2D eigenvalue weighted by Crippen LogP contribution is 2.28. The molecule has 1 aliphatic rings. The number of carbonyl (C=O) groups is 2. The Hall–Kier alpha value is -1.93. The third-order valence-electron chi connectivity index (χ3n) is 3.40. The highest BCUT2D eigenvalue weighted by molar-refractivity contribution is 7.16. The molecule has 6 nitrogen and oxygen atoms in total. The smallest absolute Gasteiger partial charge is 0.317 e. The van der Waals surface area contributed by atoms with Gasteiger partial charge in [-0.25, -0.2) is 9.78 Å². The first kappa shape index (κ1) is 15.9. The normalized spacial score (nSPS) is 13.8. The molecule has 3 rings (SSSR count). The molecule has 0 unspecified atom stereocenters. The van der Waals surface area contributed by atoms with E-state index in [-0.39, 0.29) is 18.0 Å². The number of nitrogens with zero attached hydrogens (tertiary/aromatic N) is 2. The van der Waals surface area contributed by atoms with Crippen molar-refractivity contribution in [2.45, 2.75) is 32.9 Å². The molecule has 0 atom stereocenters. The van der Waals surface area contributed by atoms with E-state index in [0.29, 0.717) is 29.5 Å². The van der Waals surface area contributed by atoms with E-state index in [0.717, 1.165) is 10.6 Å². The van der Waals surface area contributed by atoms with Crippen LogP contribution in [0.1, 0.15) is 34.1 Å². The van der Waals surface area contributed by atoms with Crippen molar-refractivity contribution in [1.29, 1.82) is 0 Å². The summed E-state index contributed by atoms with van der Waals surface area (Å²) in [6, 6.07) is 3.69. The monoisotopic (exact) mass is 350 g/mol. The minimum atomic E-state index is -0.138. The van der Waals surface area contributed by atoms with E-state index in [1.807, 2.05) is 25.3 Å². The number of urea groups is 1. The van der Waals surface area contributed by atoms with Crippen LogP contribution in [-0.4, -0.2) is 34.4 Å². The Kier molecular flexibility index (Phi) is 4.63. The molecular weight excluding hydrogens is 332 g/mol. The van der Waals surface area contributed by atoms with Gasteiger partial charge in [0.15, 0.2) is 5.13 Å². The predicted octanol–water partition coefficient (Wildman–Crippen LogP) is 2.93. The lowest BCUT2D eigenvalue weighted by molar-refractivity contribution is 0.103. The van der Waals surface area contributed by atoms with E-state index in [2.05, 4.69) is 15.6 Å². The van der Waals surface area contributed by atoms with Crippen molar-refractivity contribution in [3.8, 4) is 0 Å². The highest BCUT2D eigenvalue weighted by Gasteiger charge is 2.25. The summed E-state index contributed by atoms with van der Waals surface area (Å²) >= 11 is 2.84. The Morgan fingerprint density at radius 1 is 1.39 bits per heavy atom. The van der Waals surface area contributed by atoms with E-state index in [1.165, 1.54) is 22.7 Å². The van der Waals surface area contributed by atoms with Gasteiger partial charge in [0.25, 0.3) is 5.91 Å². The summed E-state index contributed by atoms with van der Waals surface area (Å²) in [5, 5.41) is 8.21. The number of nitrogens with one attached hydrogen (secondary N) is 2. The van der Waals surface area contributed by atoms with Gasteiger partial charge in [-0.2, -0.15) is 0 Å². The van der Waals surface area contributed by atoms with Crippen molar-refractivity contribution < 1.29 is 9.59 Å². The first-order chi connectivity index (χ1) is 11.0. The van der Waals surface area contributed by atoms with Gasteiger partial charge < -0.3 is 10.2 Å². The molecule has 2 aromatic heterocycles. The number of hydrogen-bond acceptors (Lipinski definition) is 5. The number of rotatable bonds is 3. The molecule has 2 aromatic rings. The topological polar surface area (TPSA) is 74.3 Å². The zero-order valence-corrected chi connectivity index (χ0v) is 14.6. The SMILES string of the molecule is CC(C)NC(=O)N1CCc2nc(NC(=O)c3cccs3)sc2C1. The van der Waals surface area contributed by atoms with Crippen LogP contribution in [0.3, 0.4) is 0 Å². The van der Waals surface area contributed by atoms with Crippen LogP contribution in [0.2, 0.25) is 0 Å². The second-order valence-corrected chi connectivity index (χ2v) is 7.63. The number of carbonyl (C=O) groups excluding carboxylic acids is 2. The Labute approximate surface area is 142 Å². The van der Waals surface area contributed by atoms with Gasteiger partial charge in [-0.15, -0.1) is 11.3 Å². The summed E-state index contributed by atoms with van der Waals surface area (Å²) in [7, 11) is 0. The molecule has 3 amide bonds. The van der Waals surface area contributed by atoms with Gasteiger partial charge in [-0.1, -0.05) is 17.4 Å². The zero-order chi connectivity index (χ0) is 16.4. The van der Waals surface area contributed by atoms with E-state index in [9.17, 15) is 9.59 Å². The molecule has 8 heteroatoms. The molecule has 0 aromatic carbocycles. The number of thiazole rings is 1. The summed E-state index contributed by atoms with van der Waals surface area (Å²) in [6.07, 6.45) is 0.715. The van der Waals surface area contributed by atoms with E-state index < -0.39 is 0 Å². The van der Waals surface area contributed by atoms with Crippen LogP contribution in [0.5, 0.6) is 0 Å². The molecular formula is C15H18N4O2S2. The van der Waals surface area contributed by atoms with Gasteiger partial charge in [0.1, 0.15) is 0 Å². The highest BCUT2D eigenvalue weighted by atomic mass is 32.1. The first-order valence-electron chi connectivity index (χ1n) is 7.42. The molecule has 0 spiro atoms. The maximum atomic E-state index is 12.1. The summed E-state index contributed by atoms with van der Waals surface area (Å²) in [5.74, 6) is -0.138. The molecule has 0 aliphatic carbocycles. The van der Waals surface area contributed by atoms with Gasteiger partial charge >= 0.3 is 6.03 Å². The lowest BCUT2D eigenvalue weighted by Crippen LogP contribution is -2.44. The van der Waals surface area contributed by atoms with Crippen LogP contribution in [0, 0.1) is 0 Å². The van der Waals surface area contributed by atoms with Crippen molar-refractivity contribution >= 4 is 39.7 Å². The molecule has 2 N–H and O–H groups in total. The van der Waals surface area contributed by atoms with E-state index in [4.69, 9.17) is 0 Å². The Bertz CT molecular complexity index is 709. The maximum Gasteiger partial charge on any atom is 0.317 e. The average Bonchev–Trinajstić information content (AvgIpc) is 3.14. The van der Waals surface area contributed by atoms with Crippen molar-refractivity contribution in [3.05, 3.63) is 33.0 Å². The molecule has 0 saturated heterocycles. The first-order valence-corrected chi connectivity index (χ1v) is 9.11. The van der Waals surface area contributed by atoms with E-state index >= 15 is 0 Å². The van der Waals surface area contributed by atoms with Crippen LogP contribution in [0.15, 0.2) is 17.5 Å². The second kappa shape index (κ2) is 6.67. The fourth-order valence-electron chi connectivity index (χ4n) is 2.33. The zero-order valence-electron chi connectivity index (χ0n) is 13.0. The van der Waals surface area contributed by atoms with Gasteiger partial charge in [-0.05, 0) is 25.3 Å². The van der Waals surface area contributed by atoms with Crippen molar-refractivity contribution in [1.82, 2.24) is 15.2 Å². The van der Waals surface area contributed by atoms with Gasteiger partial charge in [0.05, 0.1) is 17.1 Å². The van der Waals surface area contributed by atoms with Crippen LogP contribution in [0.4, 0.5) is 9.93 Å². The molecule has 0 saturated carbocycles. The van der Waals surface area contributed by atoms with Crippen LogP contribution in [0.25, 0.3) is 0 Å². The Balaban J connectivity index is 1.67. The number of amides is 3. The van der Waals surface area contributed by atoms with Crippen molar-refractivity contribution in [3.63, 3.8) is 0 Å². The summed E-state index contributed by atoms with van der Waals surface area (Å²) in [6.45, 7) is 5.07. The van der Waals surface area contributed by atoms with Gasteiger partial charge in [0, 0.05) is 23.9 Å². The molecule has 0 fully saturated rings. The Morgan fingerprint density at radius 2 is 2.22 bits per heavy atom. The fourth-order valence-corrected chi connectivity index (χ4v) is 3.96. The third-order valence-corrected chi connectivity index (χ3v) is 5.26. The standard InChI is InChI=1S/C15H18N4O2S2/c1-9(2)16-15(21)19-6-5-10-12(8-19)23-14(17-10)18-13(20)11-4-3-7-22-11/h3-4,7,9H,5-6,8H2,1-2H3,(H,16,21)(H,17,18,20). The molecule has 3 heterocycles. The predicted molar refractivity (Wildman–Crippen MR) is 92.2 cm³/mol. The number of thiophene rings is 1. The molecule has 122 valence electrons. The Morgan fingerprint density at radius 3 is 2.91 bits per heavy atom. The number of fused-ring (bicyclic) bond motifs is 1.